The Hall–Kier alpha value is -1.89. The Kier molecular flexibility index (Phi) is 1.78. The molecule has 2 aromatic rings. The van der Waals surface area contributed by atoms with E-state index in [0.717, 1.165) is 27.8 Å². The van der Waals surface area contributed by atoms with Gasteiger partial charge in [-0.25, -0.2) is 0 Å². The lowest BCUT2D eigenvalue weighted by Crippen LogP contribution is -1.97. The summed E-state index contributed by atoms with van der Waals surface area (Å²) in [5.41, 5.74) is 6.16. The molecule has 0 heterocycles. The van der Waals surface area contributed by atoms with Gasteiger partial charge < -0.3 is 0 Å². The number of fused-ring (bicyclic) bond motifs is 3. The summed E-state index contributed by atoms with van der Waals surface area (Å²) in [6, 6.07) is 12.1. The average molecular weight is 208 g/mol. The third-order valence-electron chi connectivity index (χ3n) is 3.21. The van der Waals surface area contributed by atoms with Gasteiger partial charge in [0.25, 0.3) is 0 Å². The van der Waals surface area contributed by atoms with Crippen LogP contribution >= 0.6 is 0 Å². The molecule has 2 aromatic carbocycles. The number of benzene rings is 2. The van der Waals surface area contributed by atoms with Crippen molar-refractivity contribution >= 4 is 5.78 Å². The lowest BCUT2D eigenvalue weighted by molar-refractivity contribution is 0.104. The van der Waals surface area contributed by atoms with Crippen molar-refractivity contribution in [2.75, 3.05) is 0 Å². The average Bonchev–Trinajstić information content (AvgIpc) is 2.54. The first-order valence-corrected chi connectivity index (χ1v) is 5.44. The Morgan fingerprint density at radius 1 is 0.875 bits per heavy atom. The maximum atomic E-state index is 12.2. The lowest BCUT2D eigenvalue weighted by atomic mass is 10.0. The quantitative estimate of drug-likeness (QED) is 0.552. The minimum Gasteiger partial charge on any atom is -0.289 e. The summed E-state index contributed by atoms with van der Waals surface area (Å²) in [6.45, 7) is 4.05. The van der Waals surface area contributed by atoms with Crippen LogP contribution in [0.1, 0.15) is 27.0 Å². The molecule has 0 fully saturated rings. The molecule has 0 atom stereocenters. The van der Waals surface area contributed by atoms with Gasteiger partial charge in [-0.2, -0.15) is 0 Å². The standard InChI is InChI=1S/C15H12O/c1-9-6-7-12-13(8-9)11-5-3-4-10(2)14(11)15(12)16/h3-8H,1-2H3. The molecule has 0 bridgehead atoms. The maximum absolute atomic E-state index is 12.2. The summed E-state index contributed by atoms with van der Waals surface area (Å²) in [4.78, 5) is 12.2. The summed E-state index contributed by atoms with van der Waals surface area (Å²) >= 11 is 0. The molecule has 1 aliphatic rings. The smallest absolute Gasteiger partial charge is 0.194 e. The molecule has 0 aromatic heterocycles. The number of ketones is 1. The van der Waals surface area contributed by atoms with Crippen molar-refractivity contribution in [3.63, 3.8) is 0 Å². The fraction of sp³-hybridized carbons (Fsp3) is 0.133. The highest BCUT2D eigenvalue weighted by atomic mass is 16.1. The highest BCUT2D eigenvalue weighted by molar-refractivity contribution is 6.22. The van der Waals surface area contributed by atoms with E-state index in [1.54, 1.807) is 0 Å². The second-order valence-corrected chi connectivity index (χ2v) is 4.38. The monoisotopic (exact) mass is 208 g/mol. The summed E-state index contributed by atoms with van der Waals surface area (Å²) in [5, 5.41) is 0. The fourth-order valence-corrected chi connectivity index (χ4v) is 2.41. The highest BCUT2D eigenvalue weighted by Crippen LogP contribution is 2.38. The second-order valence-electron chi connectivity index (χ2n) is 4.38. The van der Waals surface area contributed by atoms with E-state index in [0.29, 0.717) is 0 Å². The van der Waals surface area contributed by atoms with Crippen LogP contribution in [0.2, 0.25) is 0 Å². The molecular weight excluding hydrogens is 196 g/mol. The van der Waals surface area contributed by atoms with Gasteiger partial charge >= 0.3 is 0 Å². The Balaban J connectivity index is 2.40. The normalized spacial score (nSPS) is 12.5. The van der Waals surface area contributed by atoms with Crippen LogP contribution in [0.5, 0.6) is 0 Å². The first-order chi connectivity index (χ1) is 7.68. The summed E-state index contributed by atoms with van der Waals surface area (Å²) in [5.74, 6) is 0.170. The summed E-state index contributed by atoms with van der Waals surface area (Å²) in [6.07, 6.45) is 0. The van der Waals surface area contributed by atoms with Gasteiger partial charge in [-0.1, -0.05) is 42.0 Å². The van der Waals surface area contributed by atoms with Crippen LogP contribution in [0.4, 0.5) is 0 Å². The number of aryl methyl sites for hydroxylation is 2. The topological polar surface area (TPSA) is 17.1 Å². The van der Waals surface area contributed by atoms with Gasteiger partial charge in [0.1, 0.15) is 0 Å². The Labute approximate surface area is 94.7 Å². The van der Waals surface area contributed by atoms with Crippen LogP contribution in [0.3, 0.4) is 0 Å². The largest absolute Gasteiger partial charge is 0.289 e. The van der Waals surface area contributed by atoms with Crippen LogP contribution in [0.15, 0.2) is 36.4 Å². The van der Waals surface area contributed by atoms with E-state index in [1.807, 2.05) is 37.3 Å². The SMILES string of the molecule is Cc1ccc2c(c1)-c1cccc(C)c1C2=O. The van der Waals surface area contributed by atoms with E-state index in [9.17, 15) is 4.79 Å². The number of hydrogen-bond donors (Lipinski definition) is 0. The van der Waals surface area contributed by atoms with Crippen molar-refractivity contribution in [1.82, 2.24) is 0 Å². The maximum Gasteiger partial charge on any atom is 0.194 e. The van der Waals surface area contributed by atoms with Gasteiger partial charge in [0.05, 0.1) is 0 Å². The Morgan fingerprint density at radius 2 is 1.69 bits per heavy atom. The number of carbonyl (C=O) groups is 1. The molecule has 16 heavy (non-hydrogen) atoms. The van der Waals surface area contributed by atoms with E-state index in [4.69, 9.17) is 0 Å². The number of rotatable bonds is 0. The second kappa shape index (κ2) is 3.05. The minimum atomic E-state index is 0.170. The van der Waals surface area contributed by atoms with Crippen molar-refractivity contribution in [1.29, 1.82) is 0 Å². The van der Waals surface area contributed by atoms with Crippen LogP contribution in [0, 0.1) is 13.8 Å². The van der Waals surface area contributed by atoms with Gasteiger partial charge in [-0.3, -0.25) is 4.79 Å². The number of hydrogen-bond acceptors (Lipinski definition) is 1. The Bertz CT molecular complexity index is 609. The fourth-order valence-electron chi connectivity index (χ4n) is 2.41. The van der Waals surface area contributed by atoms with Crippen LogP contribution in [0.25, 0.3) is 11.1 Å². The van der Waals surface area contributed by atoms with Gasteiger partial charge in [-0.15, -0.1) is 0 Å². The molecule has 0 aliphatic heterocycles. The summed E-state index contributed by atoms with van der Waals surface area (Å²) < 4.78 is 0. The molecular formula is C15H12O. The molecule has 0 N–H and O–H groups in total. The van der Waals surface area contributed by atoms with Crippen LogP contribution < -0.4 is 0 Å². The molecule has 0 amide bonds. The van der Waals surface area contributed by atoms with E-state index < -0.39 is 0 Å². The molecule has 78 valence electrons. The van der Waals surface area contributed by atoms with Crippen LogP contribution in [-0.2, 0) is 0 Å². The number of carbonyl (C=O) groups excluding carboxylic acids is 1. The van der Waals surface area contributed by atoms with E-state index in [-0.39, 0.29) is 5.78 Å². The molecule has 0 saturated carbocycles. The summed E-state index contributed by atoms with van der Waals surface area (Å²) in [7, 11) is 0. The predicted octanol–water partition coefficient (Wildman–Crippen LogP) is 3.51. The lowest BCUT2D eigenvalue weighted by Gasteiger charge is -2.02. The van der Waals surface area contributed by atoms with E-state index >= 15 is 0 Å². The molecule has 1 nitrogen and oxygen atoms in total. The third-order valence-corrected chi connectivity index (χ3v) is 3.21. The van der Waals surface area contributed by atoms with Crippen molar-refractivity contribution in [2.45, 2.75) is 13.8 Å². The molecule has 1 aliphatic carbocycles. The van der Waals surface area contributed by atoms with Gasteiger partial charge in [0.15, 0.2) is 5.78 Å². The van der Waals surface area contributed by atoms with Crippen molar-refractivity contribution in [3.8, 4) is 11.1 Å². The van der Waals surface area contributed by atoms with E-state index in [1.165, 1.54) is 5.56 Å². The molecule has 1 heteroatoms. The first kappa shape index (κ1) is 9.34. The van der Waals surface area contributed by atoms with Gasteiger partial charge in [0, 0.05) is 11.1 Å². The zero-order valence-corrected chi connectivity index (χ0v) is 9.37. The highest BCUT2D eigenvalue weighted by Gasteiger charge is 2.27. The Morgan fingerprint density at radius 3 is 2.50 bits per heavy atom. The molecule has 0 radical (unpaired) electrons. The van der Waals surface area contributed by atoms with Crippen molar-refractivity contribution in [2.24, 2.45) is 0 Å². The van der Waals surface area contributed by atoms with Gasteiger partial charge in [-0.05, 0) is 30.5 Å². The first-order valence-electron chi connectivity index (χ1n) is 5.44. The van der Waals surface area contributed by atoms with Crippen LogP contribution in [-0.4, -0.2) is 5.78 Å². The molecule has 0 unspecified atom stereocenters. The third kappa shape index (κ3) is 1.09. The molecule has 0 saturated heterocycles. The van der Waals surface area contributed by atoms with E-state index in [2.05, 4.69) is 13.0 Å². The minimum absolute atomic E-state index is 0.170. The van der Waals surface area contributed by atoms with Crippen molar-refractivity contribution < 1.29 is 4.79 Å². The predicted molar refractivity (Wildman–Crippen MR) is 64.8 cm³/mol. The zero-order chi connectivity index (χ0) is 11.3. The zero-order valence-electron chi connectivity index (χ0n) is 9.37. The molecule has 3 rings (SSSR count). The van der Waals surface area contributed by atoms with Gasteiger partial charge in [0.2, 0.25) is 0 Å². The molecule has 0 spiro atoms. The van der Waals surface area contributed by atoms with Crippen molar-refractivity contribution in [3.05, 3.63) is 58.7 Å².